The number of piperidine rings is 1. The van der Waals surface area contributed by atoms with Gasteiger partial charge in [0, 0.05) is 19.6 Å². The third-order valence-corrected chi connectivity index (χ3v) is 4.69. The van der Waals surface area contributed by atoms with Gasteiger partial charge in [-0.1, -0.05) is 19.8 Å². The van der Waals surface area contributed by atoms with E-state index in [0.29, 0.717) is 0 Å². The van der Waals surface area contributed by atoms with E-state index >= 15 is 0 Å². The molecular formula is C16H33IN4. The quantitative estimate of drug-likeness (QED) is 0.442. The van der Waals surface area contributed by atoms with E-state index in [0.717, 1.165) is 31.5 Å². The predicted molar refractivity (Wildman–Crippen MR) is 101 cm³/mol. The molecule has 0 unspecified atom stereocenters. The fraction of sp³-hybridized carbons (Fsp3) is 0.938. The summed E-state index contributed by atoms with van der Waals surface area (Å²) in [4.78, 5) is 9.56. The zero-order valence-corrected chi connectivity index (χ0v) is 15.9. The Hall–Kier alpha value is -0.0400. The molecular weight excluding hydrogens is 375 g/mol. The maximum Gasteiger partial charge on any atom is 0.191 e. The van der Waals surface area contributed by atoms with E-state index in [1.165, 1.54) is 64.6 Å². The summed E-state index contributed by atoms with van der Waals surface area (Å²) in [5.74, 6) is 1.54. The zero-order chi connectivity index (χ0) is 14.2. The van der Waals surface area contributed by atoms with Crippen molar-refractivity contribution in [1.82, 2.24) is 9.80 Å². The Morgan fingerprint density at radius 2 is 1.67 bits per heavy atom. The summed E-state index contributed by atoms with van der Waals surface area (Å²) in [6, 6.07) is 0. The summed E-state index contributed by atoms with van der Waals surface area (Å²) in [5.41, 5.74) is 6.18. The maximum absolute atomic E-state index is 6.18. The highest BCUT2D eigenvalue weighted by Crippen LogP contribution is 2.18. The second-order valence-corrected chi connectivity index (χ2v) is 6.39. The molecule has 0 aromatic carbocycles. The van der Waals surface area contributed by atoms with E-state index in [9.17, 15) is 0 Å². The van der Waals surface area contributed by atoms with Crippen molar-refractivity contribution in [2.24, 2.45) is 16.6 Å². The molecule has 0 saturated carbocycles. The van der Waals surface area contributed by atoms with Crippen molar-refractivity contribution in [3.8, 4) is 0 Å². The van der Waals surface area contributed by atoms with Crippen molar-refractivity contribution in [3.05, 3.63) is 0 Å². The van der Waals surface area contributed by atoms with Crippen LogP contribution in [0.4, 0.5) is 0 Å². The summed E-state index contributed by atoms with van der Waals surface area (Å²) in [7, 11) is 0. The number of likely N-dealkylation sites (tertiary alicyclic amines) is 2. The minimum absolute atomic E-state index is 0. The average molecular weight is 408 g/mol. The SMILES string of the molecule is CCCN1CCC(CN=C(N)N2CCCCCC2)CC1.I. The number of halogens is 1. The molecule has 0 bridgehead atoms. The van der Waals surface area contributed by atoms with Crippen LogP contribution in [0, 0.1) is 5.92 Å². The van der Waals surface area contributed by atoms with Gasteiger partial charge in [0.05, 0.1) is 0 Å². The van der Waals surface area contributed by atoms with Crippen LogP contribution in [0.1, 0.15) is 51.9 Å². The summed E-state index contributed by atoms with van der Waals surface area (Å²) >= 11 is 0. The van der Waals surface area contributed by atoms with Gasteiger partial charge in [0.2, 0.25) is 0 Å². The average Bonchev–Trinajstić information content (AvgIpc) is 2.76. The molecule has 0 atom stereocenters. The van der Waals surface area contributed by atoms with Crippen molar-refractivity contribution >= 4 is 29.9 Å². The Labute approximate surface area is 147 Å². The van der Waals surface area contributed by atoms with Crippen LogP contribution in [0.15, 0.2) is 4.99 Å². The molecule has 0 radical (unpaired) electrons. The molecule has 4 nitrogen and oxygen atoms in total. The van der Waals surface area contributed by atoms with Gasteiger partial charge in [0.25, 0.3) is 0 Å². The first-order valence-electron chi connectivity index (χ1n) is 8.57. The third-order valence-electron chi connectivity index (χ3n) is 4.69. The van der Waals surface area contributed by atoms with Gasteiger partial charge >= 0.3 is 0 Å². The number of nitrogens with zero attached hydrogens (tertiary/aromatic N) is 3. The molecule has 2 N–H and O–H groups in total. The molecule has 0 aromatic rings. The highest BCUT2D eigenvalue weighted by molar-refractivity contribution is 14.0. The van der Waals surface area contributed by atoms with E-state index in [4.69, 9.17) is 5.73 Å². The van der Waals surface area contributed by atoms with Crippen LogP contribution in [-0.4, -0.2) is 55.0 Å². The van der Waals surface area contributed by atoms with Crippen molar-refractivity contribution in [3.63, 3.8) is 0 Å². The Kier molecular flexibility index (Phi) is 9.64. The van der Waals surface area contributed by atoms with Crippen LogP contribution in [0.2, 0.25) is 0 Å². The summed E-state index contributed by atoms with van der Waals surface area (Å²) < 4.78 is 0. The lowest BCUT2D eigenvalue weighted by molar-refractivity contribution is 0.188. The lowest BCUT2D eigenvalue weighted by atomic mass is 9.97. The number of aliphatic imine (C=N–C) groups is 1. The molecule has 0 amide bonds. The van der Waals surface area contributed by atoms with E-state index < -0.39 is 0 Å². The van der Waals surface area contributed by atoms with Crippen molar-refractivity contribution in [2.75, 3.05) is 39.3 Å². The second kappa shape index (κ2) is 10.6. The number of guanidine groups is 1. The van der Waals surface area contributed by atoms with Gasteiger partial charge in [0.15, 0.2) is 5.96 Å². The van der Waals surface area contributed by atoms with E-state index in [1.54, 1.807) is 0 Å². The third kappa shape index (κ3) is 6.72. The topological polar surface area (TPSA) is 44.9 Å². The summed E-state index contributed by atoms with van der Waals surface area (Å²) in [6.07, 6.45) is 9.08. The van der Waals surface area contributed by atoms with Gasteiger partial charge in [-0.05, 0) is 57.7 Å². The molecule has 2 saturated heterocycles. The highest BCUT2D eigenvalue weighted by Gasteiger charge is 2.18. The number of rotatable bonds is 4. The smallest absolute Gasteiger partial charge is 0.191 e. The normalized spacial score (nSPS) is 22.7. The van der Waals surface area contributed by atoms with Crippen molar-refractivity contribution in [2.45, 2.75) is 51.9 Å². The maximum atomic E-state index is 6.18. The molecule has 0 aliphatic carbocycles. The first-order chi connectivity index (χ1) is 9.79. The van der Waals surface area contributed by atoms with Gasteiger partial charge in [-0.3, -0.25) is 4.99 Å². The monoisotopic (exact) mass is 408 g/mol. The van der Waals surface area contributed by atoms with Crippen molar-refractivity contribution in [1.29, 1.82) is 0 Å². The van der Waals surface area contributed by atoms with Gasteiger partial charge in [-0.25, -0.2) is 0 Å². The Bertz CT molecular complexity index is 293. The molecule has 2 aliphatic rings. The van der Waals surface area contributed by atoms with Crippen LogP contribution in [0.5, 0.6) is 0 Å². The summed E-state index contributed by atoms with van der Waals surface area (Å²) in [5, 5.41) is 0. The fourth-order valence-electron chi connectivity index (χ4n) is 3.33. The second-order valence-electron chi connectivity index (χ2n) is 6.39. The van der Waals surface area contributed by atoms with Gasteiger partial charge in [-0.2, -0.15) is 0 Å². The Morgan fingerprint density at radius 3 is 2.24 bits per heavy atom. The number of nitrogens with two attached hydrogens (primary N) is 1. The van der Waals surface area contributed by atoms with Crippen LogP contribution >= 0.6 is 24.0 Å². The molecule has 2 heterocycles. The molecule has 2 fully saturated rings. The van der Waals surface area contributed by atoms with Crippen LogP contribution in [0.3, 0.4) is 0 Å². The molecule has 0 aromatic heterocycles. The largest absolute Gasteiger partial charge is 0.370 e. The van der Waals surface area contributed by atoms with Crippen LogP contribution in [-0.2, 0) is 0 Å². The van der Waals surface area contributed by atoms with Gasteiger partial charge in [0.1, 0.15) is 0 Å². The Morgan fingerprint density at radius 1 is 1.05 bits per heavy atom. The molecule has 0 spiro atoms. The van der Waals surface area contributed by atoms with E-state index in [-0.39, 0.29) is 24.0 Å². The molecule has 5 heteroatoms. The zero-order valence-electron chi connectivity index (χ0n) is 13.6. The lowest BCUT2D eigenvalue weighted by Crippen LogP contribution is -2.39. The minimum atomic E-state index is 0. The first kappa shape index (κ1) is 19.0. The molecule has 124 valence electrons. The molecule has 21 heavy (non-hydrogen) atoms. The Balaban J connectivity index is 0.00000220. The van der Waals surface area contributed by atoms with Gasteiger partial charge in [-0.15, -0.1) is 24.0 Å². The van der Waals surface area contributed by atoms with Crippen LogP contribution in [0.25, 0.3) is 0 Å². The predicted octanol–water partition coefficient (Wildman–Crippen LogP) is 2.92. The molecule has 2 rings (SSSR count). The first-order valence-corrected chi connectivity index (χ1v) is 8.57. The van der Waals surface area contributed by atoms with Crippen molar-refractivity contribution < 1.29 is 0 Å². The summed E-state index contributed by atoms with van der Waals surface area (Å²) in [6.45, 7) is 9.15. The van der Waals surface area contributed by atoms with Gasteiger partial charge < -0.3 is 15.5 Å². The standard InChI is InChI=1S/C16H32N4.HI/c1-2-9-19-12-7-15(8-13-19)14-18-16(17)20-10-5-3-4-6-11-20;/h15H,2-14H2,1H3,(H2,17,18);1H. The van der Waals surface area contributed by atoms with Crippen LogP contribution < -0.4 is 5.73 Å². The van der Waals surface area contributed by atoms with E-state index in [1.807, 2.05) is 0 Å². The van der Waals surface area contributed by atoms with E-state index in [2.05, 4.69) is 21.7 Å². The highest BCUT2D eigenvalue weighted by atomic mass is 127. The lowest BCUT2D eigenvalue weighted by Gasteiger charge is -2.31. The molecule has 2 aliphatic heterocycles. The number of hydrogen-bond acceptors (Lipinski definition) is 2. The fourth-order valence-corrected chi connectivity index (χ4v) is 3.33. The minimum Gasteiger partial charge on any atom is -0.370 e. The number of hydrogen-bond donors (Lipinski definition) is 1.